The fourth-order valence-corrected chi connectivity index (χ4v) is 1.16. The summed E-state index contributed by atoms with van der Waals surface area (Å²) in [5.41, 5.74) is 5.69. The maximum atomic E-state index is 11.4. The summed E-state index contributed by atoms with van der Waals surface area (Å²) in [5, 5.41) is 0. The minimum absolute atomic E-state index is 0.145. The van der Waals surface area contributed by atoms with E-state index in [4.69, 9.17) is 10.5 Å². The van der Waals surface area contributed by atoms with Crippen molar-refractivity contribution >= 4 is 18.0 Å². The molecular formula is C12H13NO3. The summed E-state index contributed by atoms with van der Waals surface area (Å²) in [7, 11) is 0. The molecule has 1 aromatic carbocycles. The Hall–Kier alpha value is -2.10. The first-order chi connectivity index (χ1) is 7.65. The van der Waals surface area contributed by atoms with Crippen molar-refractivity contribution in [2.75, 3.05) is 6.61 Å². The number of nitrogens with two attached hydrogens (primary N) is 1. The Morgan fingerprint density at radius 3 is 2.44 bits per heavy atom. The van der Waals surface area contributed by atoms with Gasteiger partial charge in [-0.3, -0.25) is 4.79 Å². The minimum atomic E-state index is -0.790. The number of benzene rings is 1. The molecule has 0 aliphatic heterocycles. The Bertz CT molecular complexity index is 410. The third kappa shape index (κ3) is 3.24. The van der Waals surface area contributed by atoms with Crippen molar-refractivity contribution < 1.29 is 14.3 Å². The molecule has 0 aliphatic carbocycles. The summed E-state index contributed by atoms with van der Waals surface area (Å²) >= 11 is 0. The molecule has 0 heterocycles. The molecule has 0 radical (unpaired) electrons. The van der Waals surface area contributed by atoms with E-state index >= 15 is 0 Å². The molecule has 0 spiro atoms. The van der Waals surface area contributed by atoms with Gasteiger partial charge in [-0.05, 0) is 18.6 Å². The molecule has 4 nitrogen and oxygen atoms in total. The van der Waals surface area contributed by atoms with Crippen LogP contribution < -0.4 is 5.73 Å². The number of hydrogen-bond acceptors (Lipinski definition) is 3. The molecule has 0 fully saturated rings. The van der Waals surface area contributed by atoms with Gasteiger partial charge in [0.1, 0.15) is 5.57 Å². The highest BCUT2D eigenvalue weighted by Gasteiger charge is 2.16. The highest BCUT2D eigenvalue weighted by Crippen LogP contribution is 2.07. The summed E-state index contributed by atoms with van der Waals surface area (Å²) in [5.74, 6) is -1.49. The van der Waals surface area contributed by atoms with E-state index in [1.807, 2.05) is 6.07 Å². The van der Waals surface area contributed by atoms with Crippen molar-refractivity contribution in [2.24, 2.45) is 5.73 Å². The predicted octanol–water partition coefficient (Wildman–Crippen LogP) is 1.12. The lowest BCUT2D eigenvalue weighted by Gasteiger charge is -2.03. The summed E-state index contributed by atoms with van der Waals surface area (Å²) in [6.07, 6.45) is 1.42. The molecule has 0 aliphatic rings. The third-order valence-electron chi connectivity index (χ3n) is 1.87. The molecular weight excluding hydrogens is 206 g/mol. The molecule has 1 aromatic rings. The van der Waals surface area contributed by atoms with Crippen LogP contribution in [0.3, 0.4) is 0 Å². The molecule has 2 N–H and O–H groups in total. The van der Waals surface area contributed by atoms with Gasteiger partial charge in [0.2, 0.25) is 0 Å². The highest BCUT2D eigenvalue weighted by molar-refractivity contribution is 6.19. The number of carbonyl (C=O) groups excluding carboxylic acids is 2. The second-order valence-corrected chi connectivity index (χ2v) is 3.05. The van der Waals surface area contributed by atoms with Crippen molar-refractivity contribution in [2.45, 2.75) is 6.92 Å². The van der Waals surface area contributed by atoms with Gasteiger partial charge in [0.05, 0.1) is 6.61 Å². The van der Waals surface area contributed by atoms with Crippen molar-refractivity contribution in [3.05, 3.63) is 41.5 Å². The topological polar surface area (TPSA) is 69.4 Å². The molecule has 0 bridgehead atoms. The fraction of sp³-hybridized carbons (Fsp3) is 0.167. The quantitative estimate of drug-likeness (QED) is 0.357. The molecule has 0 aromatic heterocycles. The second-order valence-electron chi connectivity index (χ2n) is 3.05. The number of esters is 1. The number of rotatable bonds is 4. The zero-order valence-electron chi connectivity index (χ0n) is 8.97. The monoisotopic (exact) mass is 219 g/mol. The summed E-state index contributed by atoms with van der Waals surface area (Å²) < 4.78 is 4.73. The van der Waals surface area contributed by atoms with Crippen LogP contribution in [0.15, 0.2) is 35.9 Å². The summed E-state index contributed by atoms with van der Waals surface area (Å²) in [6.45, 7) is 1.87. The largest absolute Gasteiger partial charge is 0.462 e. The van der Waals surface area contributed by atoms with Gasteiger partial charge < -0.3 is 10.5 Å². The number of amides is 1. The van der Waals surface area contributed by atoms with E-state index in [-0.39, 0.29) is 12.2 Å². The molecule has 1 amide bonds. The van der Waals surface area contributed by atoms with Gasteiger partial charge in [0.25, 0.3) is 5.91 Å². The average Bonchev–Trinajstić information content (AvgIpc) is 2.27. The zero-order chi connectivity index (χ0) is 12.0. The van der Waals surface area contributed by atoms with Gasteiger partial charge >= 0.3 is 5.97 Å². The van der Waals surface area contributed by atoms with Crippen LogP contribution in [0.4, 0.5) is 0 Å². The Morgan fingerprint density at radius 1 is 1.31 bits per heavy atom. The van der Waals surface area contributed by atoms with Crippen molar-refractivity contribution in [1.29, 1.82) is 0 Å². The normalized spacial score (nSPS) is 10.9. The van der Waals surface area contributed by atoms with Gasteiger partial charge in [-0.1, -0.05) is 30.3 Å². The third-order valence-corrected chi connectivity index (χ3v) is 1.87. The standard InChI is InChI=1S/C12H13NO3/c1-2-16-12(15)10(11(13)14)8-9-6-4-3-5-7-9/h3-8H,2H2,1H3,(H2,13,14)/b10-8-. The van der Waals surface area contributed by atoms with E-state index in [1.165, 1.54) is 6.08 Å². The molecule has 16 heavy (non-hydrogen) atoms. The Morgan fingerprint density at radius 2 is 1.94 bits per heavy atom. The van der Waals surface area contributed by atoms with Crippen LogP contribution in [0.2, 0.25) is 0 Å². The highest BCUT2D eigenvalue weighted by atomic mass is 16.5. The van der Waals surface area contributed by atoms with Crippen LogP contribution in [0.25, 0.3) is 6.08 Å². The van der Waals surface area contributed by atoms with E-state index < -0.39 is 11.9 Å². The summed E-state index contributed by atoms with van der Waals surface area (Å²) in [4.78, 5) is 22.5. The lowest BCUT2D eigenvalue weighted by molar-refractivity contribution is -0.139. The number of primary amides is 1. The van der Waals surface area contributed by atoms with Crippen LogP contribution in [0.5, 0.6) is 0 Å². The van der Waals surface area contributed by atoms with Crippen molar-refractivity contribution in [1.82, 2.24) is 0 Å². The zero-order valence-corrected chi connectivity index (χ0v) is 8.97. The van der Waals surface area contributed by atoms with Crippen molar-refractivity contribution in [3.8, 4) is 0 Å². The first-order valence-corrected chi connectivity index (χ1v) is 4.88. The second kappa shape index (κ2) is 5.70. The van der Waals surface area contributed by atoms with E-state index in [2.05, 4.69) is 0 Å². The Labute approximate surface area is 93.7 Å². The van der Waals surface area contributed by atoms with Crippen molar-refractivity contribution in [3.63, 3.8) is 0 Å². The van der Waals surface area contributed by atoms with Gasteiger partial charge in [0.15, 0.2) is 0 Å². The van der Waals surface area contributed by atoms with Crippen LogP contribution in [-0.2, 0) is 14.3 Å². The van der Waals surface area contributed by atoms with Crippen LogP contribution in [-0.4, -0.2) is 18.5 Å². The Balaban J connectivity index is 2.99. The first kappa shape index (κ1) is 12.0. The molecule has 1 rings (SSSR count). The predicted molar refractivity (Wildman–Crippen MR) is 60.2 cm³/mol. The van der Waals surface area contributed by atoms with E-state index in [9.17, 15) is 9.59 Å². The van der Waals surface area contributed by atoms with Gasteiger partial charge in [-0.25, -0.2) is 4.79 Å². The maximum Gasteiger partial charge on any atom is 0.343 e. The molecule has 0 unspecified atom stereocenters. The van der Waals surface area contributed by atoms with Crippen LogP contribution in [0, 0.1) is 0 Å². The minimum Gasteiger partial charge on any atom is -0.462 e. The van der Waals surface area contributed by atoms with Gasteiger partial charge in [0, 0.05) is 0 Å². The SMILES string of the molecule is CCOC(=O)/C(=C\c1ccccc1)C(N)=O. The summed E-state index contributed by atoms with van der Waals surface area (Å²) in [6, 6.07) is 8.97. The average molecular weight is 219 g/mol. The maximum absolute atomic E-state index is 11.4. The smallest absolute Gasteiger partial charge is 0.343 e. The molecule has 4 heteroatoms. The van der Waals surface area contributed by atoms with Gasteiger partial charge in [-0.15, -0.1) is 0 Å². The lowest BCUT2D eigenvalue weighted by atomic mass is 10.1. The number of hydrogen-bond donors (Lipinski definition) is 1. The van der Waals surface area contributed by atoms with Crippen LogP contribution in [0.1, 0.15) is 12.5 Å². The number of ether oxygens (including phenoxy) is 1. The van der Waals surface area contributed by atoms with E-state index in [1.54, 1.807) is 31.2 Å². The molecule has 84 valence electrons. The first-order valence-electron chi connectivity index (χ1n) is 4.88. The molecule has 0 atom stereocenters. The Kier molecular flexibility index (Phi) is 4.27. The molecule has 0 saturated heterocycles. The lowest BCUT2D eigenvalue weighted by Crippen LogP contribution is -2.22. The van der Waals surface area contributed by atoms with Crippen LogP contribution >= 0.6 is 0 Å². The number of carbonyl (C=O) groups is 2. The van der Waals surface area contributed by atoms with E-state index in [0.29, 0.717) is 0 Å². The van der Waals surface area contributed by atoms with Gasteiger partial charge in [-0.2, -0.15) is 0 Å². The van der Waals surface area contributed by atoms with E-state index in [0.717, 1.165) is 5.56 Å². The fourth-order valence-electron chi connectivity index (χ4n) is 1.16. The molecule has 0 saturated carbocycles.